The molecular formula is C14H27N3O2. The molecule has 1 aliphatic rings. The zero-order valence-electron chi connectivity index (χ0n) is 12.2. The van der Waals surface area contributed by atoms with E-state index in [-0.39, 0.29) is 11.8 Å². The van der Waals surface area contributed by atoms with Gasteiger partial charge in [-0.25, -0.2) is 0 Å². The molecule has 1 aliphatic heterocycles. The predicted octanol–water partition coefficient (Wildman–Crippen LogP) is 0.751. The zero-order chi connectivity index (χ0) is 14.1. The van der Waals surface area contributed by atoms with Crippen molar-refractivity contribution in [3.05, 3.63) is 0 Å². The molecule has 0 saturated carbocycles. The number of likely N-dealkylation sites (tertiary alicyclic amines) is 1. The van der Waals surface area contributed by atoms with Gasteiger partial charge in [-0.15, -0.1) is 0 Å². The van der Waals surface area contributed by atoms with Crippen LogP contribution in [-0.2, 0) is 9.59 Å². The summed E-state index contributed by atoms with van der Waals surface area (Å²) in [7, 11) is 1.86. The molecule has 1 atom stereocenters. The number of nitrogens with one attached hydrogen (secondary N) is 2. The smallest absolute Gasteiger partial charge is 0.223 e. The maximum absolute atomic E-state index is 11.9. The lowest BCUT2D eigenvalue weighted by atomic mass is 9.97. The summed E-state index contributed by atoms with van der Waals surface area (Å²) in [6.45, 7) is 5.08. The number of amides is 2. The number of rotatable bonds is 7. The molecule has 19 heavy (non-hydrogen) atoms. The molecule has 0 radical (unpaired) electrons. The molecule has 1 unspecified atom stereocenters. The number of nitrogens with zero attached hydrogens (tertiary/aromatic N) is 1. The maximum atomic E-state index is 11.9. The zero-order valence-corrected chi connectivity index (χ0v) is 12.2. The van der Waals surface area contributed by atoms with Gasteiger partial charge < -0.3 is 15.5 Å². The Labute approximate surface area is 116 Å². The largest absolute Gasteiger partial charge is 0.356 e. The first kappa shape index (κ1) is 16.0. The average Bonchev–Trinajstić information content (AvgIpc) is 2.43. The molecule has 1 fully saturated rings. The van der Waals surface area contributed by atoms with Crippen LogP contribution in [0.1, 0.15) is 39.0 Å². The topological polar surface area (TPSA) is 61.4 Å². The van der Waals surface area contributed by atoms with Crippen LogP contribution < -0.4 is 10.6 Å². The molecule has 5 nitrogen and oxygen atoms in total. The van der Waals surface area contributed by atoms with Crippen molar-refractivity contribution in [1.82, 2.24) is 15.5 Å². The van der Waals surface area contributed by atoms with Gasteiger partial charge in [0.1, 0.15) is 0 Å². The van der Waals surface area contributed by atoms with E-state index in [4.69, 9.17) is 0 Å². The Morgan fingerprint density at radius 3 is 2.79 bits per heavy atom. The Hall–Kier alpha value is -1.10. The first-order valence-electron chi connectivity index (χ1n) is 7.36. The molecule has 0 bridgehead atoms. The second kappa shape index (κ2) is 8.91. The molecule has 0 aromatic heterocycles. The van der Waals surface area contributed by atoms with Crippen molar-refractivity contribution in [3.8, 4) is 0 Å². The number of carbonyl (C=O) groups is 2. The van der Waals surface area contributed by atoms with E-state index in [2.05, 4.69) is 10.6 Å². The van der Waals surface area contributed by atoms with Crippen LogP contribution in [0, 0.1) is 5.92 Å². The molecule has 0 aromatic carbocycles. The van der Waals surface area contributed by atoms with Crippen LogP contribution in [0.5, 0.6) is 0 Å². The van der Waals surface area contributed by atoms with Gasteiger partial charge in [-0.05, 0) is 32.2 Å². The third-order valence-corrected chi connectivity index (χ3v) is 3.53. The third-order valence-electron chi connectivity index (χ3n) is 3.53. The van der Waals surface area contributed by atoms with E-state index in [1.807, 2.05) is 18.9 Å². The Bertz CT molecular complexity index is 294. The lowest BCUT2D eigenvalue weighted by molar-refractivity contribution is -0.132. The summed E-state index contributed by atoms with van der Waals surface area (Å²) in [5, 5.41) is 5.97. The normalized spacial score (nSPS) is 19.3. The standard InChI is InChI=1S/C14H27N3O2/c1-3-5-13(18)16-10-12-6-4-9-17(11-12)14(19)7-8-15-2/h12,15H,3-11H2,1-2H3,(H,16,18). The van der Waals surface area contributed by atoms with Gasteiger partial charge in [0.15, 0.2) is 0 Å². The average molecular weight is 269 g/mol. The fourth-order valence-corrected chi connectivity index (χ4v) is 2.42. The molecule has 0 aliphatic carbocycles. The Balaban J connectivity index is 2.29. The maximum Gasteiger partial charge on any atom is 0.223 e. The van der Waals surface area contributed by atoms with Crippen molar-refractivity contribution in [3.63, 3.8) is 0 Å². The van der Waals surface area contributed by atoms with Crippen LogP contribution >= 0.6 is 0 Å². The van der Waals surface area contributed by atoms with Gasteiger partial charge in [0.05, 0.1) is 0 Å². The van der Waals surface area contributed by atoms with Crippen molar-refractivity contribution in [2.75, 3.05) is 33.2 Å². The number of piperidine rings is 1. The summed E-state index contributed by atoms with van der Waals surface area (Å²) in [5.74, 6) is 0.758. The third kappa shape index (κ3) is 6.05. The van der Waals surface area contributed by atoms with Crippen molar-refractivity contribution >= 4 is 11.8 Å². The Morgan fingerprint density at radius 2 is 2.11 bits per heavy atom. The summed E-state index contributed by atoms with van der Waals surface area (Å²) >= 11 is 0. The van der Waals surface area contributed by atoms with E-state index in [0.29, 0.717) is 25.3 Å². The van der Waals surface area contributed by atoms with Crippen LogP contribution in [-0.4, -0.2) is 49.9 Å². The Kier molecular flexibility index (Phi) is 7.48. The summed E-state index contributed by atoms with van der Waals surface area (Å²) in [4.78, 5) is 25.3. The van der Waals surface area contributed by atoms with Crippen LogP contribution in [0.4, 0.5) is 0 Å². The molecule has 2 amide bonds. The lowest BCUT2D eigenvalue weighted by Gasteiger charge is -2.33. The van der Waals surface area contributed by atoms with Crippen LogP contribution in [0.15, 0.2) is 0 Å². The highest BCUT2D eigenvalue weighted by atomic mass is 16.2. The van der Waals surface area contributed by atoms with Gasteiger partial charge in [-0.1, -0.05) is 6.92 Å². The molecule has 1 heterocycles. The first-order valence-corrected chi connectivity index (χ1v) is 7.36. The minimum Gasteiger partial charge on any atom is -0.356 e. The quantitative estimate of drug-likeness (QED) is 0.717. The first-order chi connectivity index (χ1) is 9.17. The minimum atomic E-state index is 0.126. The van der Waals surface area contributed by atoms with Crippen molar-refractivity contribution in [2.24, 2.45) is 5.92 Å². The monoisotopic (exact) mass is 269 g/mol. The fourth-order valence-electron chi connectivity index (χ4n) is 2.42. The molecule has 1 saturated heterocycles. The summed E-state index contributed by atoms with van der Waals surface area (Å²) in [6, 6.07) is 0. The van der Waals surface area contributed by atoms with E-state index in [0.717, 1.165) is 38.9 Å². The summed E-state index contributed by atoms with van der Waals surface area (Å²) in [5.41, 5.74) is 0. The van der Waals surface area contributed by atoms with E-state index in [1.54, 1.807) is 0 Å². The number of hydrogen-bond acceptors (Lipinski definition) is 3. The summed E-state index contributed by atoms with van der Waals surface area (Å²) in [6.07, 6.45) is 4.18. The van der Waals surface area contributed by atoms with Gasteiger partial charge >= 0.3 is 0 Å². The molecule has 2 N–H and O–H groups in total. The van der Waals surface area contributed by atoms with E-state index in [1.165, 1.54) is 0 Å². The van der Waals surface area contributed by atoms with Crippen molar-refractivity contribution in [2.45, 2.75) is 39.0 Å². The summed E-state index contributed by atoms with van der Waals surface area (Å²) < 4.78 is 0. The van der Waals surface area contributed by atoms with Gasteiger partial charge in [-0.2, -0.15) is 0 Å². The lowest BCUT2D eigenvalue weighted by Crippen LogP contribution is -2.44. The van der Waals surface area contributed by atoms with Crippen molar-refractivity contribution in [1.29, 1.82) is 0 Å². The van der Waals surface area contributed by atoms with E-state index >= 15 is 0 Å². The molecule has 1 rings (SSSR count). The fraction of sp³-hybridized carbons (Fsp3) is 0.857. The molecule has 110 valence electrons. The highest BCUT2D eigenvalue weighted by Gasteiger charge is 2.23. The minimum absolute atomic E-state index is 0.126. The van der Waals surface area contributed by atoms with Gasteiger partial charge in [0.2, 0.25) is 11.8 Å². The van der Waals surface area contributed by atoms with Gasteiger partial charge in [0.25, 0.3) is 0 Å². The number of hydrogen-bond donors (Lipinski definition) is 2. The van der Waals surface area contributed by atoms with Crippen LogP contribution in [0.25, 0.3) is 0 Å². The highest BCUT2D eigenvalue weighted by Crippen LogP contribution is 2.16. The molecule has 5 heteroatoms. The van der Waals surface area contributed by atoms with E-state index in [9.17, 15) is 9.59 Å². The molecule has 0 spiro atoms. The van der Waals surface area contributed by atoms with Gasteiger partial charge in [0, 0.05) is 39.0 Å². The second-order valence-electron chi connectivity index (χ2n) is 5.26. The number of carbonyl (C=O) groups excluding carboxylic acids is 2. The van der Waals surface area contributed by atoms with Gasteiger partial charge in [-0.3, -0.25) is 9.59 Å². The van der Waals surface area contributed by atoms with Crippen molar-refractivity contribution < 1.29 is 9.59 Å². The molecule has 0 aromatic rings. The Morgan fingerprint density at radius 1 is 1.32 bits per heavy atom. The highest BCUT2D eigenvalue weighted by molar-refractivity contribution is 5.76. The van der Waals surface area contributed by atoms with Crippen LogP contribution in [0.2, 0.25) is 0 Å². The van der Waals surface area contributed by atoms with Crippen LogP contribution in [0.3, 0.4) is 0 Å². The molecular weight excluding hydrogens is 242 g/mol. The second-order valence-corrected chi connectivity index (χ2v) is 5.26. The van der Waals surface area contributed by atoms with E-state index < -0.39 is 0 Å². The predicted molar refractivity (Wildman–Crippen MR) is 75.8 cm³/mol. The SMILES string of the molecule is CCCC(=O)NCC1CCCN(C(=O)CCNC)C1.